The summed E-state index contributed by atoms with van der Waals surface area (Å²) in [6, 6.07) is 14.8. The molecule has 2 aromatic heterocycles. The highest BCUT2D eigenvalue weighted by Crippen LogP contribution is 2.25. The predicted octanol–water partition coefficient (Wildman–Crippen LogP) is 4.99. The van der Waals surface area contributed by atoms with Crippen LogP contribution in [0, 0.1) is 0 Å². The van der Waals surface area contributed by atoms with E-state index >= 15 is 0 Å². The lowest BCUT2D eigenvalue weighted by molar-refractivity contribution is -0.137. The molecule has 2 heterocycles. The lowest BCUT2D eigenvalue weighted by atomic mass is 10.1. The number of nitrogens with zero attached hydrogens (tertiary/aromatic N) is 2. The van der Waals surface area contributed by atoms with Crippen molar-refractivity contribution >= 4 is 16.9 Å². The second-order valence-corrected chi connectivity index (χ2v) is 6.40. The zero-order valence-corrected chi connectivity index (χ0v) is 14.4. The standard InChI is InChI=1S/C21H24N2O2/c24-21(25)13-5-3-1-2-4-10-18-15-17-9-6-7-12-20(17)23(18)19-11-8-14-22-16-19/h6-9,11-12,14-16H,1-5,10,13H2,(H,24,25). The van der Waals surface area contributed by atoms with Gasteiger partial charge in [-0.1, -0.05) is 37.5 Å². The zero-order chi connectivity index (χ0) is 17.5. The average molecular weight is 336 g/mol. The summed E-state index contributed by atoms with van der Waals surface area (Å²) in [7, 11) is 0. The molecule has 0 bridgehead atoms. The zero-order valence-electron chi connectivity index (χ0n) is 14.4. The van der Waals surface area contributed by atoms with Crippen molar-refractivity contribution in [3.8, 4) is 5.69 Å². The molecule has 25 heavy (non-hydrogen) atoms. The van der Waals surface area contributed by atoms with E-state index in [-0.39, 0.29) is 6.42 Å². The number of pyridine rings is 1. The van der Waals surface area contributed by atoms with E-state index in [9.17, 15) is 4.79 Å². The summed E-state index contributed by atoms with van der Waals surface area (Å²) in [5.74, 6) is -0.694. The maximum absolute atomic E-state index is 10.5. The summed E-state index contributed by atoms with van der Waals surface area (Å²) >= 11 is 0. The Bertz CT molecular complexity index is 824. The van der Waals surface area contributed by atoms with Crippen molar-refractivity contribution in [1.29, 1.82) is 0 Å². The monoisotopic (exact) mass is 336 g/mol. The van der Waals surface area contributed by atoms with Gasteiger partial charge in [-0.3, -0.25) is 9.78 Å². The van der Waals surface area contributed by atoms with Crippen LogP contribution in [0.4, 0.5) is 0 Å². The van der Waals surface area contributed by atoms with Crippen LogP contribution in [0.25, 0.3) is 16.6 Å². The highest BCUT2D eigenvalue weighted by atomic mass is 16.4. The Morgan fingerprint density at radius 2 is 1.80 bits per heavy atom. The molecule has 0 saturated heterocycles. The number of hydrogen-bond acceptors (Lipinski definition) is 2. The summed E-state index contributed by atoms with van der Waals surface area (Å²) in [6.07, 6.45) is 10.1. The first-order valence-electron chi connectivity index (χ1n) is 8.97. The highest BCUT2D eigenvalue weighted by Gasteiger charge is 2.10. The second kappa shape index (κ2) is 8.47. The Morgan fingerprint density at radius 1 is 1.00 bits per heavy atom. The Kier molecular flexibility index (Phi) is 5.83. The van der Waals surface area contributed by atoms with Crippen LogP contribution in [0.15, 0.2) is 54.9 Å². The number of aromatic nitrogens is 2. The van der Waals surface area contributed by atoms with E-state index < -0.39 is 5.97 Å². The summed E-state index contributed by atoms with van der Waals surface area (Å²) in [6.45, 7) is 0. The van der Waals surface area contributed by atoms with Crippen LogP contribution in [-0.4, -0.2) is 20.6 Å². The van der Waals surface area contributed by atoms with Gasteiger partial charge in [0.05, 0.1) is 17.4 Å². The molecule has 3 rings (SSSR count). The first kappa shape index (κ1) is 17.2. The van der Waals surface area contributed by atoms with Gasteiger partial charge in [0.1, 0.15) is 0 Å². The van der Waals surface area contributed by atoms with Crippen LogP contribution in [-0.2, 0) is 11.2 Å². The Hall–Kier alpha value is -2.62. The van der Waals surface area contributed by atoms with Crippen LogP contribution in [0.2, 0.25) is 0 Å². The van der Waals surface area contributed by atoms with Gasteiger partial charge in [-0.05, 0) is 43.5 Å². The molecule has 0 atom stereocenters. The molecule has 0 amide bonds. The SMILES string of the molecule is O=C(O)CCCCCCCc1cc2ccccc2n1-c1cccnc1. The normalized spacial score (nSPS) is 11.0. The van der Waals surface area contributed by atoms with Crippen molar-refractivity contribution in [3.63, 3.8) is 0 Å². The number of aryl methyl sites for hydroxylation is 1. The van der Waals surface area contributed by atoms with Crippen molar-refractivity contribution < 1.29 is 9.90 Å². The number of carbonyl (C=O) groups is 1. The molecule has 1 aromatic carbocycles. The number of rotatable bonds is 9. The predicted molar refractivity (Wildman–Crippen MR) is 100 cm³/mol. The van der Waals surface area contributed by atoms with E-state index in [1.165, 1.54) is 16.6 Å². The van der Waals surface area contributed by atoms with Gasteiger partial charge < -0.3 is 9.67 Å². The van der Waals surface area contributed by atoms with Gasteiger partial charge in [0.25, 0.3) is 0 Å². The molecular formula is C21H24N2O2. The van der Waals surface area contributed by atoms with E-state index in [0.717, 1.165) is 44.2 Å². The molecule has 4 heteroatoms. The van der Waals surface area contributed by atoms with Crippen LogP contribution < -0.4 is 0 Å². The van der Waals surface area contributed by atoms with Crippen molar-refractivity contribution in [2.45, 2.75) is 44.9 Å². The Labute approximate surface area is 148 Å². The van der Waals surface area contributed by atoms with Crippen molar-refractivity contribution in [3.05, 3.63) is 60.6 Å². The third-order valence-electron chi connectivity index (χ3n) is 4.51. The van der Waals surface area contributed by atoms with Crippen molar-refractivity contribution in [2.75, 3.05) is 0 Å². The van der Waals surface area contributed by atoms with Crippen molar-refractivity contribution in [2.24, 2.45) is 0 Å². The van der Waals surface area contributed by atoms with E-state index in [2.05, 4.69) is 45.9 Å². The molecule has 0 aliphatic rings. The van der Waals surface area contributed by atoms with E-state index in [4.69, 9.17) is 5.11 Å². The lowest BCUT2D eigenvalue weighted by Gasteiger charge is -2.10. The number of benzene rings is 1. The first-order valence-corrected chi connectivity index (χ1v) is 8.97. The molecule has 0 fully saturated rings. The van der Waals surface area contributed by atoms with E-state index in [1.807, 2.05) is 12.3 Å². The Morgan fingerprint density at radius 3 is 2.60 bits per heavy atom. The minimum absolute atomic E-state index is 0.287. The fourth-order valence-electron chi connectivity index (χ4n) is 3.30. The van der Waals surface area contributed by atoms with Gasteiger partial charge in [0, 0.05) is 23.7 Å². The minimum Gasteiger partial charge on any atom is -0.481 e. The van der Waals surface area contributed by atoms with Crippen LogP contribution >= 0.6 is 0 Å². The molecule has 1 N–H and O–H groups in total. The molecule has 4 nitrogen and oxygen atoms in total. The molecule has 0 aliphatic carbocycles. The maximum Gasteiger partial charge on any atom is 0.303 e. The van der Waals surface area contributed by atoms with Gasteiger partial charge in [0.2, 0.25) is 0 Å². The molecular weight excluding hydrogens is 312 g/mol. The quantitative estimate of drug-likeness (QED) is 0.560. The fraction of sp³-hybridized carbons (Fsp3) is 0.333. The summed E-state index contributed by atoms with van der Waals surface area (Å²) < 4.78 is 2.30. The lowest BCUT2D eigenvalue weighted by Crippen LogP contribution is -2.00. The number of hydrogen-bond donors (Lipinski definition) is 1. The summed E-state index contributed by atoms with van der Waals surface area (Å²) in [5.41, 5.74) is 3.62. The number of carboxylic acid groups (broad SMARTS) is 1. The molecule has 0 spiro atoms. The summed E-state index contributed by atoms with van der Waals surface area (Å²) in [4.78, 5) is 14.8. The highest BCUT2D eigenvalue weighted by molar-refractivity contribution is 5.83. The van der Waals surface area contributed by atoms with E-state index in [0.29, 0.717) is 0 Å². The third-order valence-corrected chi connectivity index (χ3v) is 4.51. The molecule has 0 unspecified atom stereocenters. The van der Waals surface area contributed by atoms with Crippen LogP contribution in [0.5, 0.6) is 0 Å². The van der Waals surface area contributed by atoms with Gasteiger partial charge in [-0.25, -0.2) is 0 Å². The number of aliphatic carboxylic acids is 1. The molecule has 0 radical (unpaired) electrons. The molecule has 0 saturated carbocycles. The topological polar surface area (TPSA) is 55.1 Å². The number of unbranched alkanes of at least 4 members (excludes halogenated alkanes) is 4. The van der Waals surface area contributed by atoms with Gasteiger partial charge in [-0.15, -0.1) is 0 Å². The molecule has 0 aliphatic heterocycles. The van der Waals surface area contributed by atoms with Gasteiger partial charge >= 0.3 is 5.97 Å². The first-order chi connectivity index (χ1) is 12.3. The van der Waals surface area contributed by atoms with Gasteiger partial charge in [0.15, 0.2) is 0 Å². The average Bonchev–Trinajstić information content (AvgIpc) is 2.99. The number of carboxylic acids is 1. The van der Waals surface area contributed by atoms with E-state index in [1.54, 1.807) is 6.20 Å². The number of fused-ring (bicyclic) bond motifs is 1. The third kappa shape index (κ3) is 4.47. The second-order valence-electron chi connectivity index (χ2n) is 6.40. The van der Waals surface area contributed by atoms with Gasteiger partial charge in [-0.2, -0.15) is 0 Å². The Balaban J connectivity index is 1.66. The maximum atomic E-state index is 10.5. The fourth-order valence-corrected chi connectivity index (χ4v) is 3.30. The largest absolute Gasteiger partial charge is 0.481 e. The number of para-hydroxylation sites is 1. The molecule has 3 aromatic rings. The minimum atomic E-state index is -0.694. The summed E-state index contributed by atoms with van der Waals surface area (Å²) in [5, 5.41) is 9.92. The van der Waals surface area contributed by atoms with Crippen molar-refractivity contribution in [1.82, 2.24) is 9.55 Å². The molecule has 130 valence electrons. The van der Waals surface area contributed by atoms with Crippen LogP contribution in [0.3, 0.4) is 0 Å². The smallest absolute Gasteiger partial charge is 0.303 e. The van der Waals surface area contributed by atoms with Crippen LogP contribution in [0.1, 0.15) is 44.2 Å².